The van der Waals surface area contributed by atoms with Gasteiger partial charge < -0.3 is 20.4 Å². The van der Waals surface area contributed by atoms with Crippen LogP contribution in [0.25, 0.3) is 11.6 Å². The number of anilines is 1. The number of aromatic nitrogens is 1. The number of halogens is 1. The van der Waals surface area contributed by atoms with Gasteiger partial charge in [-0.1, -0.05) is 0 Å². The van der Waals surface area contributed by atoms with Crippen molar-refractivity contribution in [2.75, 3.05) is 51.3 Å². The number of aryl methyl sites for hydroxylation is 1. The molecule has 190 valence electrons. The minimum Gasteiger partial charge on any atom is -0.379 e. The Balaban J connectivity index is 1.27. The Morgan fingerprint density at radius 3 is 2.78 bits per heavy atom. The number of nitrogens with zero attached hydrogens (tertiary/aromatic N) is 2. The maximum Gasteiger partial charge on any atom is 0.271 e. The van der Waals surface area contributed by atoms with E-state index in [9.17, 15) is 18.8 Å². The molecule has 2 aromatic rings. The number of rotatable bonds is 6. The lowest BCUT2D eigenvalue weighted by Crippen LogP contribution is -2.45. The van der Waals surface area contributed by atoms with Gasteiger partial charge in [0.1, 0.15) is 18.5 Å². The third-order valence-corrected chi connectivity index (χ3v) is 6.73. The molecule has 0 spiro atoms. The average Bonchev–Trinajstić information content (AvgIpc) is 3.46. The molecule has 2 saturated heterocycles. The lowest BCUT2D eigenvalue weighted by molar-refractivity contribution is -0.163. The normalized spacial score (nSPS) is 21.2. The fraction of sp³-hybridized carbons (Fsp3) is 0.400. The van der Waals surface area contributed by atoms with Crippen LogP contribution in [0.5, 0.6) is 0 Å². The van der Waals surface area contributed by atoms with E-state index in [1.807, 2.05) is 0 Å². The molecule has 3 N–H and O–H groups in total. The van der Waals surface area contributed by atoms with E-state index in [0.29, 0.717) is 65.6 Å². The topological polar surface area (TPSA) is 116 Å². The Morgan fingerprint density at radius 2 is 2.00 bits per heavy atom. The quantitative estimate of drug-likeness (QED) is 0.521. The van der Waals surface area contributed by atoms with Crippen molar-refractivity contribution < 1.29 is 28.3 Å². The van der Waals surface area contributed by atoms with Crippen LogP contribution >= 0.6 is 0 Å². The van der Waals surface area contributed by atoms with Crippen molar-refractivity contribution in [1.29, 1.82) is 0 Å². The van der Waals surface area contributed by atoms with Crippen LogP contribution in [-0.4, -0.2) is 84.7 Å². The van der Waals surface area contributed by atoms with Gasteiger partial charge in [-0.25, -0.2) is 9.45 Å². The number of hydroxylamine groups is 2. The number of benzene rings is 1. The molecular formula is C25H28FN5O5. The van der Waals surface area contributed by atoms with Gasteiger partial charge in [-0.3, -0.25) is 24.1 Å². The maximum atomic E-state index is 13.8. The first-order valence-electron chi connectivity index (χ1n) is 11.9. The minimum atomic E-state index is -0.784. The number of carbonyl (C=O) groups is 3. The molecule has 0 bridgehead atoms. The smallest absolute Gasteiger partial charge is 0.271 e. The SMILES string of the molecule is Cc1[nH]c(/C=C2\C(=O)Nc3ccc(F)cc32)c(C)c1C(=O)N[C@@H]1CON(CCN2CCOCC2)C1=O. The van der Waals surface area contributed by atoms with Gasteiger partial charge in [0.2, 0.25) is 0 Å². The van der Waals surface area contributed by atoms with Crippen molar-refractivity contribution in [3.63, 3.8) is 0 Å². The van der Waals surface area contributed by atoms with Gasteiger partial charge in [0, 0.05) is 42.3 Å². The van der Waals surface area contributed by atoms with Crippen molar-refractivity contribution in [1.82, 2.24) is 20.3 Å². The Hall–Kier alpha value is -3.54. The molecule has 1 atom stereocenters. The summed E-state index contributed by atoms with van der Waals surface area (Å²) in [6.45, 7) is 7.63. The summed E-state index contributed by atoms with van der Waals surface area (Å²) >= 11 is 0. The fourth-order valence-corrected chi connectivity index (χ4v) is 4.75. The summed E-state index contributed by atoms with van der Waals surface area (Å²) in [5.41, 5.74) is 3.44. The molecule has 0 unspecified atom stereocenters. The van der Waals surface area contributed by atoms with Gasteiger partial charge in [0.05, 0.1) is 30.9 Å². The molecule has 3 amide bonds. The molecule has 4 heterocycles. The van der Waals surface area contributed by atoms with Crippen LogP contribution in [-0.2, 0) is 19.2 Å². The summed E-state index contributed by atoms with van der Waals surface area (Å²) in [5.74, 6) is -1.49. The molecule has 0 saturated carbocycles. The second-order valence-electron chi connectivity index (χ2n) is 9.08. The van der Waals surface area contributed by atoms with Crippen LogP contribution in [0.15, 0.2) is 18.2 Å². The number of carbonyl (C=O) groups excluding carboxylic acids is 3. The number of morpholine rings is 1. The molecule has 0 radical (unpaired) electrons. The summed E-state index contributed by atoms with van der Waals surface area (Å²) in [6.07, 6.45) is 1.61. The van der Waals surface area contributed by atoms with Crippen LogP contribution in [0, 0.1) is 19.7 Å². The van der Waals surface area contributed by atoms with Crippen LogP contribution < -0.4 is 10.6 Å². The van der Waals surface area contributed by atoms with Gasteiger partial charge >= 0.3 is 0 Å². The second kappa shape index (κ2) is 9.84. The van der Waals surface area contributed by atoms with Crippen LogP contribution in [0.1, 0.15) is 32.9 Å². The largest absolute Gasteiger partial charge is 0.379 e. The highest BCUT2D eigenvalue weighted by molar-refractivity contribution is 6.34. The van der Waals surface area contributed by atoms with Crippen molar-refractivity contribution in [3.05, 3.63) is 52.1 Å². The molecule has 11 heteroatoms. The van der Waals surface area contributed by atoms with E-state index in [2.05, 4.69) is 20.5 Å². The maximum absolute atomic E-state index is 13.8. The Kier molecular flexibility index (Phi) is 6.61. The Bertz CT molecular complexity index is 1250. The number of hydrogen-bond donors (Lipinski definition) is 3. The molecule has 0 aliphatic carbocycles. The first-order valence-corrected chi connectivity index (χ1v) is 11.9. The zero-order valence-electron chi connectivity index (χ0n) is 20.2. The van der Waals surface area contributed by atoms with Gasteiger partial charge in [0.25, 0.3) is 17.7 Å². The first-order chi connectivity index (χ1) is 17.3. The number of ether oxygens (including phenoxy) is 1. The summed E-state index contributed by atoms with van der Waals surface area (Å²) in [4.78, 5) is 49.3. The molecule has 1 aromatic heterocycles. The monoisotopic (exact) mass is 497 g/mol. The van der Waals surface area contributed by atoms with Gasteiger partial charge in [-0.15, -0.1) is 0 Å². The molecule has 1 aromatic carbocycles. The van der Waals surface area contributed by atoms with E-state index in [1.165, 1.54) is 23.3 Å². The predicted octanol–water partition coefficient (Wildman–Crippen LogP) is 1.47. The van der Waals surface area contributed by atoms with E-state index in [0.717, 1.165) is 13.1 Å². The molecule has 5 rings (SSSR count). The number of fused-ring (bicyclic) bond motifs is 1. The predicted molar refractivity (Wildman–Crippen MR) is 129 cm³/mol. The van der Waals surface area contributed by atoms with Crippen molar-refractivity contribution in [2.45, 2.75) is 19.9 Å². The molecule has 36 heavy (non-hydrogen) atoms. The first kappa shape index (κ1) is 24.2. The van der Waals surface area contributed by atoms with E-state index >= 15 is 0 Å². The Morgan fingerprint density at radius 1 is 1.22 bits per heavy atom. The number of aromatic amines is 1. The highest BCUT2D eigenvalue weighted by Crippen LogP contribution is 2.34. The third kappa shape index (κ3) is 4.64. The molecular weight excluding hydrogens is 469 g/mol. The van der Waals surface area contributed by atoms with Crippen molar-refractivity contribution in [2.24, 2.45) is 0 Å². The van der Waals surface area contributed by atoms with Crippen molar-refractivity contribution in [3.8, 4) is 0 Å². The second-order valence-corrected chi connectivity index (χ2v) is 9.08. The van der Waals surface area contributed by atoms with Gasteiger partial charge in [0.15, 0.2) is 0 Å². The van der Waals surface area contributed by atoms with Crippen LogP contribution in [0.4, 0.5) is 10.1 Å². The van der Waals surface area contributed by atoms with Gasteiger partial charge in [-0.05, 0) is 43.7 Å². The summed E-state index contributed by atoms with van der Waals surface area (Å²) < 4.78 is 19.1. The average molecular weight is 498 g/mol. The standard InChI is InChI=1S/C25H28FN5O5/c1-14-20(12-18-17-11-16(26)3-4-19(17)28-23(18)32)27-15(2)22(14)24(33)29-21-13-36-31(25(21)34)6-5-30-7-9-35-10-8-30/h3-4,11-12,21,27H,5-10,13H2,1-2H3,(H,28,32)(H,29,33)/b18-12-/t21-/m1/s1. The highest BCUT2D eigenvalue weighted by Gasteiger charge is 2.35. The zero-order chi connectivity index (χ0) is 25.4. The zero-order valence-corrected chi connectivity index (χ0v) is 20.2. The summed E-state index contributed by atoms with van der Waals surface area (Å²) in [7, 11) is 0. The summed E-state index contributed by atoms with van der Waals surface area (Å²) in [6, 6.07) is 3.31. The van der Waals surface area contributed by atoms with E-state index < -0.39 is 17.8 Å². The molecule has 3 aliphatic rings. The number of nitrogens with one attached hydrogen (secondary N) is 3. The van der Waals surface area contributed by atoms with E-state index in [-0.39, 0.29) is 18.4 Å². The van der Waals surface area contributed by atoms with E-state index in [1.54, 1.807) is 19.9 Å². The number of hydrogen-bond acceptors (Lipinski definition) is 6. The van der Waals surface area contributed by atoms with Gasteiger partial charge in [-0.2, -0.15) is 0 Å². The fourth-order valence-electron chi connectivity index (χ4n) is 4.75. The van der Waals surface area contributed by atoms with Crippen molar-refractivity contribution >= 4 is 35.1 Å². The third-order valence-electron chi connectivity index (χ3n) is 6.73. The number of amides is 3. The Labute approximate surface area is 207 Å². The highest BCUT2D eigenvalue weighted by atomic mass is 19.1. The summed E-state index contributed by atoms with van der Waals surface area (Å²) in [5, 5.41) is 6.80. The minimum absolute atomic E-state index is 0.0651. The van der Waals surface area contributed by atoms with Crippen LogP contribution in [0.2, 0.25) is 0 Å². The molecule has 2 fully saturated rings. The van der Waals surface area contributed by atoms with Crippen LogP contribution in [0.3, 0.4) is 0 Å². The lowest BCUT2D eigenvalue weighted by atomic mass is 10.0. The molecule has 3 aliphatic heterocycles. The van der Waals surface area contributed by atoms with E-state index in [4.69, 9.17) is 9.57 Å². The lowest BCUT2D eigenvalue weighted by Gasteiger charge is -2.27. The number of H-pyrrole nitrogens is 1. The molecule has 10 nitrogen and oxygen atoms in total.